The molecule has 0 aliphatic carbocycles. The van der Waals surface area contributed by atoms with Crippen molar-refractivity contribution in [3.63, 3.8) is 0 Å². The Bertz CT molecular complexity index is 777. The van der Waals surface area contributed by atoms with Crippen LogP contribution in [-0.2, 0) is 32.0 Å². The van der Waals surface area contributed by atoms with Crippen LogP contribution in [0.1, 0.15) is 31.4 Å². The Morgan fingerprint density at radius 1 is 1.15 bits per heavy atom. The van der Waals surface area contributed by atoms with Crippen LogP contribution in [0.4, 0.5) is 0 Å². The fraction of sp³-hybridized carbons (Fsp3) is 0.381. The predicted molar refractivity (Wildman–Crippen MR) is 99.5 cm³/mol. The number of nitrogens with zero attached hydrogens (tertiary/aromatic N) is 2. The summed E-state index contributed by atoms with van der Waals surface area (Å²) in [6, 6.07) is 13.8. The molecule has 1 aromatic heterocycles. The van der Waals surface area contributed by atoms with Gasteiger partial charge in [0.05, 0.1) is 6.42 Å². The number of ether oxygens (including phenoxy) is 2. The van der Waals surface area contributed by atoms with Crippen LogP contribution < -0.4 is 0 Å². The first kappa shape index (κ1) is 19.0. The molecule has 2 aromatic rings. The van der Waals surface area contributed by atoms with Gasteiger partial charge in [0.1, 0.15) is 0 Å². The minimum atomic E-state index is -0.986. The van der Waals surface area contributed by atoms with Gasteiger partial charge in [0, 0.05) is 39.3 Å². The van der Waals surface area contributed by atoms with Crippen LogP contribution in [0.15, 0.2) is 54.9 Å². The zero-order chi connectivity index (χ0) is 19.3. The number of rotatable bonds is 7. The van der Waals surface area contributed by atoms with E-state index in [4.69, 9.17) is 9.47 Å². The van der Waals surface area contributed by atoms with Gasteiger partial charge in [0.15, 0.2) is 6.10 Å². The number of carbonyl (C=O) groups excluding carboxylic acids is 2. The molecule has 1 unspecified atom stereocenters. The third kappa shape index (κ3) is 5.37. The van der Waals surface area contributed by atoms with Crippen molar-refractivity contribution in [3.8, 4) is 0 Å². The highest BCUT2D eigenvalue weighted by atomic mass is 16.8. The molecule has 6 nitrogen and oxygen atoms in total. The van der Waals surface area contributed by atoms with E-state index < -0.39 is 17.9 Å². The maximum atomic E-state index is 12.9. The van der Waals surface area contributed by atoms with E-state index in [0.29, 0.717) is 13.1 Å². The Balaban J connectivity index is 1.68. The number of hydrogen-bond acceptors (Lipinski definition) is 5. The molecule has 1 aliphatic rings. The van der Waals surface area contributed by atoms with Gasteiger partial charge in [-0.3, -0.25) is 9.78 Å². The fourth-order valence-electron chi connectivity index (χ4n) is 3.05. The molecule has 0 bridgehead atoms. The van der Waals surface area contributed by atoms with Crippen molar-refractivity contribution in [2.75, 3.05) is 6.54 Å². The standard InChI is InChI=1S/C21H24N2O4/c1-21(2)26-18(20(25)27-21)13-19(24)23(15-17-9-6-11-22-14-17)12-10-16-7-4-3-5-8-16/h3-9,11,14,18H,10,12-13,15H2,1-2H3. The number of hydrogen-bond donors (Lipinski definition) is 0. The summed E-state index contributed by atoms with van der Waals surface area (Å²) >= 11 is 0. The summed E-state index contributed by atoms with van der Waals surface area (Å²) in [5.41, 5.74) is 2.09. The lowest BCUT2D eigenvalue weighted by molar-refractivity contribution is -0.161. The van der Waals surface area contributed by atoms with E-state index in [9.17, 15) is 9.59 Å². The van der Waals surface area contributed by atoms with Crippen LogP contribution in [-0.4, -0.2) is 40.2 Å². The second kappa shape index (κ2) is 8.31. The molecule has 1 aromatic carbocycles. The number of benzene rings is 1. The molecule has 27 heavy (non-hydrogen) atoms. The zero-order valence-electron chi connectivity index (χ0n) is 15.6. The van der Waals surface area contributed by atoms with E-state index in [1.54, 1.807) is 31.1 Å². The average Bonchev–Trinajstić information content (AvgIpc) is 2.91. The molecule has 6 heteroatoms. The van der Waals surface area contributed by atoms with Crippen molar-refractivity contribution >= 4 is 11.9 Å². The molecule has 0 saturated carbocycles. The van der Waals surface area contributed by atoms with Gasteiger partial charge < -0.3 is 14.4 Å². The van der Waals surface area contributed by atoms with Crippen molar-refractivity contribution in [2.24, 2.45) is 0 Å². The summed E-state index contributed by atoms with van der Waals surface area (Å²) in [5, 5.41) is 0. The molecule has 1 atom stereocenters. The van der Waals surface area contributed by atoms with E-state index in [1.165, 1.54) is 0 Å². The normalized spacial score (nSPS) is 18.1. The van der Waals surface area contributed by atoms with Gasteiger partial charge in [-0.15, -0.1) is 0 Å². The van der Waals surface area contributed by atoms with Crippen molar-refractivity contribution in [1.82, 2.24) is 9.88 Å². The Labute approximate surface area is 159 Å². The molecule has 1 aliphatic heterocycles. The number of cyclic esters (lactones) is 1. The first-order valence-corrected chi connectivity index (χ1v) is 9.04. The lowest BCUT2D eigenvalue weighted by Gasteiger charge is -2.24. The van der Waals surface area contributed by atoms with E-state index in [0.717, 1.165) is 17.5 Å². The number of carbonyl (C=O) groups is 2. The molecule has 142 valence electrons. The molecule has 3 rings (SSSR count). The molecule has 0 spiro atoms. The Hall–Kier alpha value is -2.73. The summed E-state index contributed by atoms with van der Waals surface area (Å²) in [4.78, 5) is 30.7. The van der Waals surface area contributed by atoms with Crippen molar-refractivity contribution in [2.45, 2.75) is 45.1 Å². The van der Waals surface area contributed by atoms with Gasteiger partial charge in [-0.1, -0.05) is 36.4 Å². The number of pyridine rings is 1. The van der Waals surface area contributed by atoms with Crippen molar-refractivity contribution in [3.05, 3.63) is 66.0 Å². The van der Waals surface area contributed by atoms with Gasteiger partial charge in [-0.05, 0) is 23.6 Å². The van der Waals surface area contributed by atoms with Gasteiger partial charge in [0.25, 0.3) is 0 Å². The maximum Gasteiger partial charge on any atom is 0.338 e. The summed E-state index contributed by atoms with van der Waals surface area (Å²) in [6.45, 7) is 4.31. The van der Waals surface area contributed by atoms with Gasteiger partial charge >= 0.3 is 5.97 Å². The highest BCUT2D eigenvalue weighted by Crippen LogP contribution is 2.26. The fourth-order valence-corrected chi connectivity index (χ4v) is 3.05. The van der Waals surface area contributed by atoms with Gasteiger partial charge in [-0.2, -0.15) is 0 Å². The maximum absolute atomic E-state index is 12.9. The quantitative estimate of drug-likeness (QED) is 0.703. The van der Waals surface area contributed by atoms with E-state index in [-0.39, 0.29) is 12.3 Å². The molecule has 0 N–H and O–H groups in total. The SMILES string of the molecule is CC1(C)OC(=O)C(CC(=O)N(CCc2ccccc2)Cc2cccnc2)O1. The predicted octanol–water partition coefficient (Wildman–Crippen LogP) is 2.72. The highest BCUT2D eigenvalue weighted by molar-refractivity contribution is 5.85. The van der Waals surface area contributed by atoms with Crippen LogP contribution in [0.2, 0.25) is 0 Å². The van der Waals surface area contributed by atoms with Crippen LogP contribution >= 0.6 is 0 Å². The lowest BCUT2D eigenvalue weighted by atomic mass is 10.1. The first-order valence-electron chi connectivity index (χ1n) is 9.04. The summed E-state index contributed by atoms with van der Waals surface area (Å²) < 4.78 is 10.7. The van der Waals surface area contributed by atoms with E-state index >= 15 is 0 Å². The highest BCUT2D eigenvalue weighted by Gasteiger charge is 2.42. The molecule has 1 fully saturated rings. The molecular weight excluding hydrogens is 344 g/mol. The smallest absolute Gasteiger partial charge is 0.338 e. The van der Waals surface area contributed by atoms with Gasteiger partial charge in [0.2, 0.25) is 11.7 Å². The summed E-state index contributed by atoms with van der Waals surface area (Å²) in [6.07, 6.45) is 3.28. The third-order valence-corrected chi connectivity index (χ3v) is 4.36. The molecule has 0 radical (unpaired) electrons. The van der Waals surface area contributed by atoms with Crippen LogP contribution in [0, 0.1) is 0 Å². The van der Waals surface area contributed by atoms with E-state index in [2.05, 4.69) is 4.98 Å². The molecule has 2 heterocycles. The second-order valence-corrected chi connectivity index (χ2v) is 7.04. The topological polar surface area (TPSA) is 68.7 Å². The lowest BCUT2D eigenvalue weighted by Crippen LogP contribution is -2.36. The van der Waals surface area contributed by atoms with Crippen molar-refractivity contribution in [1.29, 1.82) is 0 Å². The zero-order valence-corrected chi connectivity index (χ0v) is 15.6. The number of amides is 1. The Kier molecular flexibility index (Phi) is 5.86. The molecular formula is C21H24N2O4. The van der Waals surface area contributed by atoms with Crippen LogP contribution in [0.3, 0.4) is 0 Å². The average molecular weight is 368 g/mol. The second-order valence-electron chi connectivity index (χ2n) is 7.04. The largest absolute Gasteiger partial charge is 0.432 e. The minimum Gasteiger partial charge on any atom is -0.432 e. The molecule has 1 saturated heterocycles. The van der Waals surface area contributed by atoms with Crippen molar-refractivity contribution < 1.29 is 19.1 Å². The van der Waals surface area contributed by atoms with E-state index in [1.807, 2.05) is 42.5 Å². The Morgan fingerprint density at radius 2 is 1.89 bits per heavy atom. The Morgan fingerprint density at radius 3 is 2.52 bits per heavy atom. The van der Waals surface area contributed by atoms with Gasteiger partial charge in [-0.25, -0.2) is 4.79 Å². The number of esters is 1. The minimum absolute atomic E-state index is 0.0304. The van der Waals surface area contributed by atoms with Crippen LogP contribution in [0.5, 0.6) is 0 Å². The first-order chi connectivity index (χ1) is 12.9. The van der Waals surface area contributed by atoms with Crippen LogP contribution in [0.25, 0.3) is 0 Å². The molecule has 1 amide bonds. The summed E-state index contributed by atoms with van der Waals surface area (Å²) in [5.74, 6) is -1.62. The monoisotopic (exact) mass is 368 g/mol. The number of aromatic nitrogens is 1. The third-order valence-electron chi connectivity index (χ3n) is 4.36. The summed E-state index contributed by atoms with van der Waals surface area (Å²) in [7, 11) is 0.